The molecule has 0 aromatic carbocycles. The van der Waals surface area contributed by atoms with E-state index in [9.17, 15) is 39.9 Å². The molecule has 42 heavy (non-hydrogen) atoms. The second kappa shape index (κ2) is 13.0. The Bertz CT molecular complexity index is 1340. The van der Waals surface area contributed by atoms with E-state index < -0.39 is 88.9 Å². The van der Waals surface area contributed by atoms with Crippen molar-refractivity contribution in [1.82, 2.24) is 24.5 Å². The topological polar surface area (TPSA) is 297 Å². The minimum atomic E-state index is -5.42. The van der Waals surface area contributed by atoms with Crippen LogP contribution >= 0.6 is 14.5 Å². The van der Waals surface area contributed by atoms with E-state index in [1.165, 1.54) is 17.0 Å². The third kappa shape index (κ3) is 6.98. The van der Waals surface area contributed by atoms with Crippen molar-refractivity contribution in [1.29, 1.82) is 0 Å². The number of aliphatic hydroxyl groups is 6. The Labute approximate surface area is 242 Å². The molecule has 4 rings (SSSR count). The van der Waals surface area contributed by atoms with Crippen molar-refractivity contribution in [2.24, 2.45) is 0 Å². The van der Waals surface area contributed by atoms with Crippen LogP contribution < -0.4 is 5.73 Å². The quantitative estimate of drug-likeness (QED) is 0.103. The lowest BCUT2D eigenvalue weighted by atomic mass is 9.96. The van der Waals surface area contributed by atoms with E-state index in [1.54, 1.807) is 19.0 Å². The number of imidazole rings is 1. The number of ether oxygens (including phenoxy) is 2. The first-order valence-corrected chi connectivity index (χ1v) is 16.3. The number of hydrogen-bond acceptors (Lipinski definition) is 18. The summed E-state index contributed by atoms with van der Waals surface area (Å²) in [6, 6.07) is -0.687. The van der Waals surface area contributed by atoms with Crippen molar-refractivity contribution < 1.29 is 67.8 Å². The third-order valence-electron chi connectivity index (χ3n) is 6.63. The Morgan fingerprint density at radius 3 is 2.48 bits per heavy atom. The monoisotopic (exact) mass is 662 g/mol. The zero-order valence-corrected chi connectivity index (χ0v) is 24.6. The fourth-order valence-corrected chi connectivity index (χ4v) is 7.71. The molecule has 0 saturated carbocycles. The zero-order valence-electron chi connectivity index (χ0n) is 22.0. The van der Waals surface area contributed by atoms with Crippen molar-refractivity contribution in [3.05, 3.63) is 18.2 Å². The van der Waals surface area contributed by atoms with Gasteiger partial charge in [0.05, 0.1) is 31.1 Å². The van der Waals surface area contributed by atoms with Crippen LogP contribution in [0.25, 0.3) is 5.65 Å². The van der Waals surface area contributed by atoms with E-state index in [4.69, 9.17) is 36.6 Å². The van der Waals surface area contributed by atoms with Gasteiger partial charge in [0.2, 0.25) is 0 Å². The largest absolute Gasteiger partial charge is 0.481 e. The summed E-state index contributed by atoms with van der Waals surface area (Å²) in [6.45, 7) is -6.17. The fraction of sp³-hybridized carbons (Fsp3) is 0.737. The van der Waals surface area contributed by atoms with Gasteiger partial charge in [-0.15, -0.1) is 0 Å². The number of nitrogens with zero attached hydrogens (tertiary/aromatic N) is 5. The Hall–Kier alpha value is -1.33. The van der Waals surface area contributed by atoms with Crippen LogP contribution in [0.15, 0.2) is 12.5 Å². The molecule has 2 saturated heterocycles. The SMILES string of the molecule is CN(C)[C@@H]1[C@H](O)[C@@H](COP(O)(=S)OP(=O)(O)OC2OC([C@@H](O)CO)C(O)C(O)C2O)O[C@H]1c1cnc2c(N)ncnn12. The van der Waals surface area contributed by atoms with Gasteiger partial charge in [-0.3, -0.25) is 4.52 Å². The Morgan fingerprint density at radius 2 is 1.83 bits per heavy atom. The van der Waals surface area contributed by atoms with Gasteiger partial charge >= 0.3 is 14.5 Å². The Morgan fingerprint density at radius 1 is 1.14 bits per heavy atom. The highest BCUT2D eigenvalue weighted by molar-refractivity contribution is 8.08. The molecule has 2 fully saturated rings. The average molecular weight is 663 g/mol. The first-order chi connectivity index (χ1) is 19.6. The minimum absolute atomic E-state index is 0.113. The lowest BCUT2D eigenvalue weighted by Crippen LogP contribution is -2.61. The summed E-state index contributed by atoms with van der Waals surface area (Å²) in [7, 11) is -2.06. The number of fused-ring (bicyclic) bond motifs is 1. The summed E-state index contributed by atoms with van der Waals surface area (Å²) in [5, 5.41) is 64.1. The van der Waals surface area contributed by atoms with Crippen molar-refractivity contribution in [3.8, 4) is 0 Å². The molecule has 0 spiro atoms. The van der Waals surface area contributed by atoms with Crippen LogP contribution in [0.4, 0.5) is 5.82 Å². The van der Waals surface area contributed by atoms with Gasteiger partial charge < -0.3 is 65.1 Å². The highest BCUT2D eigenvalue weighted by Crippen LogP contribution is 2.61. The van der Waals surface area contributed by atoms with Crippen molar-refractivity contribution in [2.75, 3.05) is 33.0 Å². The van der Waals surface area contributed by atoms with Crippen molar-refractivity contribution in [2.45, 2.75) is 61.2 Å². The molecular formula is C19H32N6O14P2S. The third-order valence-corrected chi connectivity index (χ3v) is 10.1. The van der Waals surface area contributed by atoms with Crippen LogP contribution in [0.5, 0.6) is 0 Å². The number of aromatic nitrogens is 4. The lowest BCUT2D eigenvalue weighted by Gasteiger charge is -2.41. The number of anilines is 1. The standard InChI is InChI=1S/C19H32N6O14P2S/c1-24(2)10-11(28)9(36-15(10)7-3-21-18-17(20)22-6-23-25(7)18)5-35-41(34,42)39-40(32,33)38-19-14(31)12(29)13(30)16(37-19)8(27)4-26/h3,6,8-16,19,26-31H,4-5H2,1-2H3,(H,32,33)(H,34,42)(H2,20,22,23)/t8-,9+,10+,11+,12?,13?,14?,15-,16?,19?,41?/m0/s1. The molecule has 0 radical (unpaired) electrons. The first kappa shape index (κ1) is 33.6. The summed E-state index contributed by atoms with van der Waals surface area (Å²) < 4.78 is 39.5. The molecule has 2 aromatic heterocycles. The van der Waals surface area contributed by atoms with E-state index >= 15 is 0 Å². The first-order valence-electron chi connectivity index (χ1n) is 12.2. The molecule has 0 bridgehead atoms. The van der Waals surface area contributed by atoms with E-state index in [0.29, 0.717) is 5.69 Å². The van der Waals surface area contributed by atoms with Gasteiger partial charge in [-0.25, -0.2) is 23.4 Å². The number of rotatable bonds is 11. The molecule has 238 valence electrons. The number of aliphatic hydroxyl groups excluding tert-OH is 6. The molecule has 20 nitrogen and oxygen atoms in total. The van der Waals surface area contributed by atoms with Gasteiger partial charge in [-0.2, -0.15) is 5.10 Å². The van der Waals surface area contributed by atoms with E-state index in [0.717, 1.165) is 0 Å². The number of nitrogens with two attached hydrogens (primary N) is 1. The van der Waals surface area contributed by atoms with Crippen molar-refractivity contribution >= 4 is 37.8 Å². The van der Waals surface area contributed by atoms with Crippen LogP contribution in [0.3, 0.4) is 0 Å². The maximum atomic E-state index is 12.6. The maximum Gasteiger partial charge on any atom is 0.481 e. The van der Waals surface area contributed by atoms with E-state index in [1.807, 2.05) is 0 Å². The Balaban J connectivity index is 1.42. The van der Waals surface area contributed by atoms with Gasteiger partial charge in [-0.05, 0) is 25.9 Å². The Kier molecular flexibility index (Phi) is 10.4. The van der Waals surface area contributed by atoms with Gasteiger partial charge in [0.25, 0.3) is 0 Å². The lowest BCUT2D eigenvalue weighted by molar-refractivity contribution is -0.292. The van der Waals surface area contributed by atoms with Gasteiger partial charge in [0.1, 0.15) is 55.2 Å². The highest BCUT2D eigenvalue weighted by Gasteiger charge is 2.51. The van der Waals surface area contributed by atoms with E-state index in [-0.39, 0.29) is 11.5 Å². The summed E-state index contributed by atoms with van der Waals surface area (Å²) in [4.78, 5) is 30.4. The second-order valence-electron chi connectivity index (χ2n) is 9.71. The number of nitrogen functional groups attached to an aromatic ring is 1. The number of hydrogen-bond donors (Lipinski definition) is 9. The molecule has 2 aliphatic rings. The highest BCUT2D eigenvalue weighted by atomic mass is 32.5. The molecule has 10 N–H and O–H groups in total. The van der Waals surface area contributed by atoms with Gasteiger partial charge in [0.15, 0.2) is 17.8 Å². The van der Waals surface area contributed by atoms with Gasteiger partial charge in [-0.1, -0.05) is 0 Å². The molecule has 7 unspecified atom stereocenters. The molecule has 12 atom stereocenters. The van der Waals surface area contributed by atoms with Crippen LogP contribution in [-0.2, 0) is 39.2 Å². The minimum Gasteiger partial charge on any atom is -0.394 e. The predicted molar refractivity (Wildman–Crippen MR) is 141 cm³/mol. The molecular weight excluding hydrogens is 630 g/mol. The number of likely N-dealkylation sites (N-methyl/N-ethyl adjacent to an activating group) is 1. The number of phosphoric ester groups is 1. The van der Waals surface area contributed by atoms with Crippen LogP contribution in [0.2, 0.25) is 0 Å². The van der Waals surface area contributed by atoms with Gasteiger partial charge in [0, 0.05) is 0 Å². The van der Waals surface area contributed by atoms with Crippen LogP contribution in [-0.4, -0.2) is 147 Å². The molecule has 2 aliphatic heterocycles. The average Bonchev–Trinajstić information content (AvgIpc) is 3.48. The fourth-order valence-electron chi connectivity index (χ4n) is 4.61. The van der Waals surface area contributed by atoms with Crippen molar-refractivity contribution in [3.63, 3.8) is 0 Å². The normalized spacial score (nSPS) is 35.7. The summed E-state index contributed by atoms with van der Waals surface area (Å²) >= 11 is 4.81. The summed E-state index contributed by atoms with van der Waals surface area (Å²) in [5.74, 6) is 0.113. The van der Waals surface area contributed by atoms with Crippen LogP contribution in [0, 0.1) is 0 Å². The molecule has 0 amide bonds. The van der Waals surface area contributed by atoms with E-state index in [2.05, 4.69) is 23.9 Å². The molecule has 2 aromatic rings. The zero-order chi connectivity index (χ0) is 31.1. The number of phosphoric acid groups is 1. The predicted octanol–water partition coefficient (Wildman–Crippen LogP) is -4.03. The summed E-state index contributed by atoms with van der Waals surface area (Å²) in [5.41, 5.74) is 6.51. The smallest absolute Gasteiger partial charge is 0.394 e. The van der Waals surface area contributed by atoms with Crippen LogP contribution in [0.1, 0.15) is 11.8 Å². The second-order valence-corrected chi connectivity index (χ2v) is 14.1. The molecule has 23 heteroatoms. The molecule has 4 heterocycles. The maximum absolute atomic E-state index is 12.6. The summed E-state index contributed by atoms with van der Waals surface area (Å²) in [6.07, 6.45) is -12.3. The molecule has 0 aliphatic carbocycles.